The molecule has 6 heteroatoms. The van der Waals surface area contributed by atoms with Crippen LogP contribution in [0.15, 0.2) is 22.8 Å². The Morgan fingerprint density at radius 1 is 1.43 bits per heavy atom. The summed E-state index contributed by atoms with van der Waals surface area (Å²) in [5.41, 5.74) is 0.402. The highest BCUT2D eigenvalue weighted by molar-refractivity contribution is 9.10. The van der Waals surface area contributed by atoms with Gasteiger partial charge in [-0.25, -0.2) is 4.79 Å². The zero-order valence-corrected chi connectivity index (χ0v) is 13.6. The summed E-state index contributed by atoms with van der Waals surface area (Å²) < 4.78 is 11.7. The molecule has 2 saturated heterocycles. The maximum Gasteiger partial charge on any atom is 0.331 e. The number of rotatable bonds is 4. The number of nitrogens with zero attached hydrogens (tertiary/aromatic N) is 1. The van der Waals surface area contributed by atoms with Crippen molar-refractivity contribution < 1.29 is 14.3 Å². The molecular weight excluding hydrogens is 336 g/mol. The molecule has 0 radical (unpaired) electrons. The molecule has 2 aliphatic heterocycles. The van der Waals surface area contributed by atoms with Crippen molar-refractivity contribution in [2.24, 2.45) is 0 Å². The van der Waals surface area contributed by atoms with Gasteiger partial charge in [0.05, 0.1) is 12.8 Å². The number of nitrogens with one attached hydrogen (secondary N) is 1. The van der Waals surface area contributed by atoms with Crippen LogP contribution in [0, 0.1) is 0 Å². The predicted octanol–water partition coefficient (Wildman–Crippen LogP) is 2.14. The predicted molar refractivity (Wildman–Crippen MR) is 80.8 cm³/mol. The molecule has 0 spiro atoms. The molecular formula is C15H19BrN2O3. The van der Waals surface area contributed by atoms with Crippen LogP contribution >= 0.6 is 15.9 Å². The van der Waals surface area contributed by atoms with Gasteiger partial charge in [0.1, 0.15) is 12.2 Å². The number of ether oxygens (including phenoxy) is 2. The molecule has 114 valence electrons. The Morgan fingerprint density at radius 3 is 2.71 bits per heavy atom. The van der Waals surface area contributed by atoms with Crippen LogP contribution in [0.25, 0.3) is 0 Å². The SMILES string of the molecule is COC(=O)COC1(c2ccc(Br)cn2)CC2CCC(C1)N2. The largest absolute Gasteiger partial charge is 0.467 e. The zero-order chi connectivity index (χ0) is 14.9. The first-order valence-corrected chi connectivity index (χ1v) is 7.99. The number of piperidine rings is 1. The lowest BCUT2D eigenvalue weighted by molar-refractivity contribution is -0.158. The lowest BCUT2D eigenvalue weighted by atomic mass is 9.84. The van der Waals surface area contributed by atoms with Crippen LogP contribution in [-0.2, 0) is 19.9 Å². The molecule has 1 aromatic rings. The van der Waals surface area contributed by atoms with Crippen LogP contribution in [0.4, 0.5) is 0 Å². The Kier molecular flexibility index (Phi) is 4.28. The second-order valence-corrected chi connectivity index (χ2v) is 6.68. The summed E-state index contributed by atoms with van der Waals surface area (Å²) in [7, 11) is 1.38. The van der Waals surface area contributed by atoms with Crippen LogP contribution in [-0.4, -0.2) is 36.8 Å². The van der Waals surface area contributed by atoms with Gasteiger partial charge in [-0.15, -0.1) is 0 Å². The van der Waals surface area contributed by atoms with Crippen molar-refractivity contribution in [3.05, 3.63) is 28.5 Å². The summed E-state index contributed by atoms with van der Waals surface area (Å²) >= 11 is 3.41. The van der Waals surface area contributed by atoms with Gasteiger partial charge >= 0.3 is 5.97 Å². The van der Waals surface area contributed by atoms with Crippen LogP contribution in [0.3, 0.4) is 0 Å². The molecule has 2 unspecified atom stereocenters. The first-order valence-electron chi connectivity index (χ1n) is 7.20. The van der Waals surface area contributed by atoms with E-state index in [1.165, 1.54) is 7.11 Å². The van der Waals surface area contributed by atoms with Gasteiger partial charge in [0.2, 0.25) is 0 Å². The number of hydrogen-bond donors (Lipinski definition) is 1. The molecule has 3 rings (SSSR count). The molecule has 0 amide bonds. The second kappa shape index (κ2) is 6.02. The van der Waals surface area contributed by atoms with E-state index >= 15 is 0 Å². The molecule has 1 N–H and O–H groups in total. The fourth-order valence-corrected chi connectivity index (χ4v) is 3.64. The van der Waals surface area contributed by atoms with E-state index in [0.717, 1.165) is 35.8 Å². The minimum Gasteiger partial charge on any atom is -0.467 e. The summed E-state index contributed by atoms with van der Waals surface area (Å²) in [6.07, 6.45) is 5.78. The van der Waals surface area contributed by atoms with Crippen molar-refractivity contribution in [1.82, 2.24) is 10.3 Å². The average molecular weight is 355 g/mol. The first-order chi connectivity index (χ1) is 10.1. The molecule has 0 saturated carbocycles. The van der Waals surface area contributed by atoms with E-state index in [9.17, 15) is 4.79 Å². The van der Waals surface area contributed by atoms with Crippen molar-refractivity contribution in [2.45, 2.75) is 43.4 Å². The Labute approximate surface area is 132 Å². The smallest absolute Gasteiger partial charge is 0.331 e. The van der Waals surface area contributed by atoms with Gasteiger partial charge in [0.25, 0.3) is 0 Å². The third kappa shape index (κ3) is 3.12. The van der Waals surface area contributed by atoms with Crippen molar-refractivity contribution in [1.29, 1.82) is 0 Å². The zero-order valence-electron chi connectivity index (χ0n) is 12.0. The highest BCUT2D eigenvalue weighted by Gasteiger charge is 2.46. The Balaban J connectivity index is 1.87. The normalized spacial score (nSPS) is 31.1. The summed E-state index contributed by atoms with van der Waals surface area (Å²) in [4.78, 5) is 16.0. The van der Waals surface area contributed by atoms with Crippen molar-refractivity contribution in [2.75, 3.05) is 13.7 Å². The lowest BCUT2D eigenvalue weighted by Crippen LogP contribution is -2.49. The number of carbonyl (C=O) groups is 1. The molecule has 2 fully saturated rings. The summed E-state index contributed by atoms with van der Waals surface area (Å²) in [5, 5.41) is 3.59. The number of hydrogen-bond acceptors (Lipinski definition) is 5. The molecule has 3 heterocycles. The first kappa shape index (κ1) is 14.9. The molecule has 2 aliphatic rings. The number of halogens is 1. The van der Waals surface area contributed by atoms with Gasteiger partial charge in [-0.05, 0) is 53.7 Å². The van der Waals surface area contributed by atoms with Crippen LogP contribution < -0.4 is 5.32 Å². The van der Waals surface area contributed by atoms with Gasteiger partial charge in [0.15, 0.2) is 0 Å². The van der Waals surface area contributed by atoms with E-state index in [1.54, 1.807) is 6.20 Å². The summed E-state index contributed by atoms with van der Waals surface area (Å²) in [6, 6.07) is 4.82. The molecule has 2 atom stereocenters. The number of aromatic nitrogens is 1. The topological polar surface area (TPSA) is 60.5 Å². The van der Waals surface area contributed by atoms with Gasteiger partial charge in [-0.1, -0.05) is 0 Å². The molecule has 21 heavy (non-hydrogen) atoms. The van der Waals surface area contributed by atoms with Crippen molar-refractivity contribution in [3.8, 4) is 0 Å². The lowest BCUT2D eigenvalue weighted by Gasteiger charge is -2.40. The van der Waals surface area contributed by atoms with Crippen molar-refractivity contribution in [3.63, 3.8) is 0 Å². The number of methoxy groups -OCH3 is 1. The molecule has 2 bridgehead atoms. The van der Waals surface area contributed by atoms with Gasteiger partial charge in [-0.2, -0.15) is 0 Å². The Morgan fingerprint density at radius 2 is 2.14 bits per heavy atom. The average Bonchev–Trinajstić information content (AvgIpc) is 2.84. The fraction of sp³-hybridized carbons (Fsp3) is 0.600. The highest BCUT2D eigenvalue weighted by atomic mass is 79.9. The molecule has 0 aromatic carbocycles. The maximum atomic E-state index is 11.5. The number of carbonyl (C=O) groups excluding carboxylic acids is 1. The van der Waals surface area contributed by atoms with E-state index in [0.29, 0.717) is 12.1 Å². The second-order valence-electron chi connectivity index (χ2n) is 5.77. The van der Waals surface area contributed by atoms with Gasteiger partial charge in [-0.3, -0.25) is 4.98 Å². The minimum absolute atomic E-state index is 0.0340. The maximum absolute atomic E-state index is 11.5. The minimum atomic E-state index is -0.494. The number of pyridine rings is 1. The summed E-state index contributed by atoms with van der Waals surface area (Å²) in [5.74, 6) is -0.350. The van der Waals surface area contributed by atoms with Gasteiger partial charge < -0.3 is 14.8 Å². The molecule has 1 aromatic heterocycles. The van der Waals surface area contributed by atoms with Crippen LogP contribution in [0.1, 0.15) is 31.4 Å². The van der Waals surface area contributed by atoms with Crippen LogP contribution in [0.5, 0.6) is 0 Å². The van der Waals surface area contributed by atoms with Crippen LogP contribution in [0.2, 0.25) is 0 Å². The van der Waals surface area contributed by atoms with Crippen molar-refractivity contribution >= 4 is 21.9 Å². The van der Waals surface area contributed by atoms with E-state index in [2.05, 4.69) is 26.2 Å². The summed E-state index contributed by atoms with van der Waals surface area (Å²) in [6.45, 7) is -0.0340. The van der Waals surface area contributed by atoms with E-state index < -0.39 is 5.60 Å². The van der Waals surface area contributed by atoms with E-state index in [4.69, 9.17) is 9.47 Å². The Hall–Kier alpha value is -0.980. The molecule has 5 nitrogen and oxygen atoms in total. The van der Waals surface area contributed by atoms with Gasteiger partial charge in [0, 0.05) is 22.8 Å². The quantitative estimate of drug-likeness (QED) is 0.839. The van der Waals surface area contributed by atoms with E-state index in [1.807, 2.05) is 12.1 Å². The fourth-order valence-electron chi connectivity index (χ4n) is 3.41. The third-order valence-electron chi connectivity index (χ3n) is 4.38. The number of esters is 1. The molecule has 0 aliphatic carbocycles. The standard InChI is InChI=1S/C15H19BrN2O3/c1-20-14(19)9-21-15(13-5-2-10(16)8-17-13)6-11-3-4-12(7-15)18-11/h2,5,8,11-12,18H,3-4,6-7,9H2,1H3. The highest BCUT2D eigenvalue weighted by Crippen LogP contribution is 2.43. The number of fused-ring (bicyclic) bond motifs is 2. The Bertz CT molecular complexity index is 508. The monoisotopic (exact) mass is 354 g/mol. The van der Waals surface area contributed by atoms with E-state index in [-0.39, 0.29) is 12.6 Å². The third-order valence-corrected chi connectivity index (χ3v) is 4.84.